The van der Waals surface area contributed by atoms with Gasteiger partial charge in [-0.25, -0.2) is 4.39 Å². The van der Waals surface area contributed by atoms with E-state index in [4.69, 9.17) is 9.47 Å². The predicted octanol–water partition coefficient (Wildman–Crippen LogP) is 3.33. The summed E-state index contributed by atoms with van der Waals surface area (Å²) in [6, 6.07) is 12.0. The second kappa shape index (κ2) is 6.06. The standard InChI is InChI=1S/C17H15FO3/c18-14-5-6-16(13(9-14)10-19)21-11-17-15-4-2-1-3-12(15)7-8-20-17/h1-6,9-10,17H,7-8,11H2. The second-order valence-corrected chi connectivity index (χ2v) is 4.92. The molecule has 1 aliphatic rings. The van der Waals surface area contributed by atoms with Crippen molar-refractivity contribution < 1.29 is 18.7 Å². The normalized spacial score (nSPS) is 17.1. The van der Waals surface area contributed by atoms with E-state index in [-0.39, 0.29) is 11.7 Å². The highest BCUT2D eigenvalue weighted by atomic mass is 19.1. The molecule has 0 saturated carbocycles. The van der Waals surface area contributed by atoms with Gasteiger partial charge >= 0.3 is 0 Å². The van der Waals surface area contributed by atoms with E-state index in [1.54, 1.807) is 0 Å². The number of halogens is 1. The van der Waals surface area contributed by atoms with Gasteiger partial charge in [0.25, 0.3) is 0 Å². The van der Waals surface area contributed by atoms with Gasteiger partial charge in [-0.3, -0.25) is 4.79 Å². The molecule has 3 nitrogen and oxygen atoms in total. The summed E-state index contributed by atoms with van der Waals surface area (Å²) < 4.78 is 24.5. The van der Waals surface area contributed by atoms with E-state index in [1.165, 1.54) is 17.7 Å². The maximum Gasteiger partial charge on any atom is 0.153 e. The lowest BCUT2D eigenvalue weighted by Crippen LogP contribution is -2.21. The van der Waals surface area contributed by atoms with Crippen molar-refractivity contribution in [3.05, 3.63) is 65.0 Å². The molecule has 3 rings (SSSR count). The zero-order valence-electron chi connectivity index (χ0n) is 11.4. The average Bonchev–Trinajstić information content (AvgIpc) is 2.53. The van der Waals surface area contributed by atoms with Crippen LogP contribution < -0.4 is 4.74 Å². The number of ether oxygens (including phenoxy) is 2. The summed E-state index contributed by atoms with van der Waals surface area (Å²) in [5, 5.41) is 0. The Morgan fingerprint density at radius 2 is 2.14 bits per heavy atom. The number of carbonyl (C=O) groups excluding carboxylic acids is 1. The van der Waals surface area contributed by atoms with Crippen LogP contribution in [0.3, 0.4) is 0 Å². The van der Waals surface area contributed by atoms with Crippen molar-refractivity contribution in [3.63, 3.8) is 0 Å². The number of hydrogen-bond donors (Lipinski definition) is 0. The quantitative estimate of drug-likeness (QED) is 0.809. The Bertz CT molecular complexity index is 654. The van der Waals surface area contributed by atoms with E-state index in [0.29, 0.717) is 25.2 Å². The Hall–Kier alpha value is -2.20. The minimum Gasteiger partial charge on any atom is -0.490 e. The van der Waals surface area contributed by atoms with E-state index in [1.807, 2.05) is 18.2 Å². The van der Waals surface area contributed by atoms with Crippen LogP contribution in [0.15, 0.2) is 42.5 Å². The Labute approximate surface area is 122 Å². The molecule has 0 N–H and O–H groups in total. The highest BCUT2D eigenvalue weighted by molar-refractivity contribution is 5.79. The van der Waals surface area contributed by atoms with Gasteiger partial charge in [-0.1, -0.05) is 24.3 Å². The number of aldehydes is 1. The molecule has 0 amide bonds. The van der Waals surface area contributed by atoms with Crippen molar-refractivity contribution in [2.45, 2.75) is 12.5 Å². The third kappa shape index (κ3) is 2.95. The summed E-state index contributed by atoms with van der Waals surface area (Å²) in [4.78, 5) is 11.0. The highest BCUT2D eigenvalue weighted by Crippen LogP contribution is 2.28. The second-order valence-electron chi connectivity index (χ2n) is 4.92. The van der Waals surface area contributed by atoms with Gasteiger partial charge in [0, 0.05) is 0 Å². The zero-order valence-corrected chi connectivity index (χ0v) is 11.4. The van der Waals surface area contributed by atoms with Gasteiger partial charge in [0.2, 0.25) is 0 Å². The minimum absolute atomic E-state index is 0.167. The van der Waals surface area contributed by atoms with E-state index < -0.39 is 5.82 Å². The van der Waals surface area contributed by atoms with Crippen molar-refractivity contribution in [1.82, 2.24) is 0 Å². The summed E-state index contributed by atoms with van der Waals surface area (Å²) in [6.45, 7) is 0.943. The molecule has 0 radical (unpaired) electrons. The van der Waals surface area contributed by atoms with E-state index in [9.17, 15) is 9.18 Å². The fraction of sp³-hybridized carbons (Fsp3) is 0.235. The van der Waals surface area contributed by atoms with E-state index >= 15 is 0 Å². The third-order valence-corrected chi connectivity index (χ3v) is 3.58. The molecular weight excluding hydrogens is 271 g/mol. The lowest BCUT2D eigenvalue weighted by atomic mass is 9.98. The monoisotopic (exact) mass is 286 g/mol. The van der Waals surface area contributed by atoms with Crippen molar-refractivity contribution in [1.29, 1.82) is 0 Å². The Kier molecular flexibility index (Phi) is 3.97. The Morgan fingerprint density at radius 1 is 1.29 bits per heavy atom. The average molecular weight is 286 g/mol. The van der Waals surface area contributed by atoms with Crippen LogP contribution in [0.25, 0.3) is 0 Å². The van der Waals surface area contributed by atoms with Gasteiger partial charge < -0.3 is 9.47 Å². The van der Waals surface area contributed by atoms with Gasteiger partial charge in [-0.2, -0.15) is 0 Å². The molecule has 21 heavy (non-hydrogen) atoms. The molecule has 0 aliphatic carbocycles. The fourth-order valence-corrected chi connectivity index (χ4v) is 2.52. The molecule has 2 aromatic carbocycles. The molecule has 0 bridgehead atoms. The number of carbonyl (C=O) groups is 1. The van der Waals surface area contributed by atoms with Gasteiger partial charge in [-0.15, -0.1) is 0 Å². The first-order valence-electron chi connectivity index (χ1n) is 6.85. The van der Waals surface area contributed by atoms with Crippen LogP contribution in [0.1, 0.15) is 27.6 Å². The molecule has 2 aromatic rings. The Morgan fingerprint density at radius 3 is 3.00 bits per heavy atom. The van der Waals surface area contributed by atoms with Crippen molar-refractivity contribution >= 4 is 6.29 Å². The summed E-state index contributed by atoms with van der Waals surface area (Å²) in [6.07, 6.45) is 1.32. The van der Waals surface area contributed by atoms with Crippen molar-refractivity contribution in [3.8, 4) is 5.75 Å². The minimum atomic E-state index is -0.455. The smallest absolute Gasteiger partial charge is 0.153 e. The first-order chi connectivity index (χ1) is 10.3. The molecule has 108 valence electrons. The summed E-state index contributed by atoms with van der Waals surface area (Å²) in [5.74, 6) is -0.0817. The van der Waals surface area contributed by atoms with Crippen LogP contribution in [0.5, 0.6) is 5.75 Å². The fourth-order valence-electron chi connectivity index (χ4n) is 2.52. The van der Waals surface area contributed by atoms with Crippen LogP contribution in [-0.2, 0) is 11.2 Å². The maximum atomic E-state index is 13.1. The van der Waals surface area contributed by atoms with Crippen LogP contribution in [-0.4, -0.2) is 19.5 Å². The van der Waals surface area contributed by atoms with Crippen LogP contribution in [0.2, 0.25) is 0 Å². The topological polar surface area (TPSA) is 35.5 Å². The highest BCUT2D eigenvalue weighted by Gasteiger charge is 2.21. The third-order valence-electron chi connectivity index (χ3n) is 3.58. The zero-order chi connectivity index (χ0) is 14.7. The van der Waals surface area contributed by atoms with Gasteiger partial charge in [0.1, 0.15) is 24.3 Å². The summed E-state index contributed by atoms with van der Waals surface area (Å²) in [5.41, 5.74) is 2.57. The number of hydrogen-bond acceptors (Lipinski definition) is 3. The molecule has 0 saturated heterocycles. The van der Waals surface area contributed by atoms with Crippen molar-refractivity contribution in [2.75, 3.05) is 13.2 Å². The van der Waals surface area contributed by atoms with Gasteiger partial charge in [0.05, 0.1) is 12.2 Å². The molecule has 1 unspecified atom stereocenters. The number of rotatable bonds is 4. The summed E-state index contributed by atoms with van der Waals surface area (Å²) in [7, 11) is 0. The lowest BCUT2D eigenvalue weighted by molar-refractivity contribution is 0.0100. The molecule has 1 heterocycles. The van der Waals surface area contributed by atoms with Crippen LogP contribution in [0.4, 0.5) is 4.39 Å². The molecule has 0 aromatic heterocycles. The molecule has 0 spiro atoms. The molecule has 1 atom stereocenters. The largest absolute Gasteiger partial charge is 0.490 e. The predicted molar refractivity (Wildman–Crippen MR) is 76.1 cm³/mol. The van der Waals surface area contributed by atoms with E-state index in [2.05, 4.69) is 6.07 Å². The van der Waals surface area contributed by atoms with Crippen molar-refractivity contribution in [2.24, 2.45) is 0 Å². The Balaban J connectivity index is 1.76. The number of benzene rings is 2. The molecule has 4 heteroatoms. The number of fused-ring (bicyclic) bond motifs is 1. The molecule has 1 aliphatic heterocycles. The maximum absolute atomic E-state index is 13.1. The van der Waals surface area contributed by atoms with Gasteiger partial charge in [0.15, 0.2) is 6.29 Å². The van der Waals surface area contributed by atoms with Gasteiger partial charge in [-0.05, 0) is 35.7 Å². The molecule has 0 fully saturated rings. The first-order valence-corrected chi connectivity index (χ1v) is 6.85. The van der Waals surface area contributed by atoms with Crippen LogP contribution >= 0.6 is 0 Å². The first kappa shape index (κ1) is 13.8. The van der Waals surface area contributed by atoms with Crippen LogP contribution in [0, 0.1) is 5.82 Å². The lowest BCUT2D eigenvalue weighted by Gasteiger charge is -2.26. The SMILES string of the molecule is O=Cc1cc(F)ccc1OCC1OCCc2ccccc21. The summed E-state index contributed by atoms with van der Waals surface area (Å²) >= 11 is 0. The molecular formula is C17H15FO3. The van der Waals surface area contributed by atoms with E-state index in [0.717, 1.165) is 18.1 Å².